The van der Waals surface area contributed by atoms with E-state index in [0.29, 0.717) is 0 Å². The number of hydrogen-bond donors (Lipinski definition) is 1. The first-order valence-electron chi connectivity index (χ1n) is 4.99. The van der Waals surface area contributed by atoms with Gasteiger partial charge in [0.2, 0.25) is 5.52 Å². The van der Waals surface area contributed by atoms with E-state index in [1.165, 1.54) is 45.8 Å². The van der Waals surface area contributed by atoms with Crippen molar-refractivity contribution in [2.45, 2.75) is 5.52 Å². The van der Waals surface area contributed by atoms with Crippen LogP contribution in [0, 0.1) is 0 Å². The number of nitrogens with zero attached hydrogens (tertiary/aromatic N) is 3. The molecular weight excluding hydrogens is 298 g/mol. The summed E-state index contributed by atoms with van der Waals surface area (Å²) in [5.74, 6) is 0. The molecule has 12 heteroatoms. The fourth-order valence-corrected chi connectivity index (χ4v) is 5.43. The number of rotatable bonds is 8. The van der Waals surface area contributed by atoms with Crippen molar-refractivity contribution in [2.24, 2.45) is 0 Å². The topological polar surface area (TPSA) is 114 Å². The Morgan fingerprint density at radius 2 is 1.32 bits per heavy atom. The van der Waals surface area contributed by atoms with E-state index in [0.717, 1.165) is 0 Å². The summed E-state index contributed by atoms with van der Waals surface area (Å²) < 4.78 is 45.5. The lowest BCUT2D eigenvalue weighted by molar-refractivity contribution is 0.248. The van der Waals surface area contributed by atoms with Gasteiger partial charge in [-0.05, 0) is 0 Å². The highest BCUT2D eigenvalue weighted by molar-refractivity contribution is 7.72. The predicted molar refractivity (Wildman–Crippen MR) is 66.4 cm³/mol. The number of hydrogen-bond acceptors (Lipinski definition) is 9. The molecule has 1 aromatic rings. The fourth-order valence-electron chi connectivity index (χ4n) is 1.26. The zero-order valence-corrected chi connectivity index (χ0v) is 12.7. The van der Waals surface area contributed by atoms with Gasteiger partial charge in [0.05, 0.1) is 0 Å². The average Bonchev–Trinajstić information content (AvgIpc) is 2.96. The predicted octanol–water partition coefficient (Wildman–Crippen LogP) is 1.08. The Hall–Kier alpha value is -0.760. The van der Waals surface area contributed by atoms with E-state index < -0.39 is 20.7 Å². The summed E-state index contributed by atoms with van der Waals surface area (Å²) in [4.78, 5) is 0. The standard InChI is InChI=1S/C7H16N4O6P2/c1-14-18(12,15-2)7(19(13,16-3)17-4)10-11-5-8-9-6-11/h5-7,10H,1-4H3. The van der Waals surface area contributed by atoms with Crippen molar-refractivity contribution in [1.29, 1.82) is 0 Å². The van der Waals surface area contributed by atoms with Crippen molar-refractivity contribution in [3.8, 4) is 0 Å². The van der Waals surface area contributed by atoms with Crippen molar-refractivity contribution < 1.29 is 27.2 Å². The Labute approximate surface area is 110 Å². The maximum atomic E-state index is 12.4. The van der Waals surface area contributed by atoms with Gasteiger partial charge in [-0.1, -0.05) is 0 Å². The van der Waals surface area contributed by atoms with Gasteiger partial charge in [-0.3, -0.25) is 14.6 Å². The summed E-state index contributed by atoms with van der Waals surface area (Å²) in [6.45, 7) is 0. The van der Waals surface area contributed by atoms with Crippen LogP contribution < -0.4 is 5.43 Å². The van der Waals surface area contributed by atoms with Crippen molar-refractivity contribution >= 4 is 15.2 Å². The molecule has 1 N–H and O–H groups in total. The zero-order valence-electron chi connectivity index (χ0n) is 10.9. The Bertz CT molecular complexity index is 438. The van der Waals surface area contributed by atoms with Gasteiger partial charge < -0.3 is 18.1 Å². The van der Waals surface area contributed by atoms with Crippen molar-refractivity contribution in [2.75, 3.05) is 33.9 Å². The summed E-state index contributed by atoms with van der Waals surface area (Å²) in [6, 6.07) is 0. The van der Waals surface area contributed by atoms with E-state index >= 15 is 0 Å². The minimum Gasteiger partial charge on any atom is -0.310 e. The molecule has 0 radical (unpaired) electrons. The molecule has 110 valence electrons. The van der Waals surface area contributed by atoms with Crippen LogP contribution in [0.5, 0.6) is 0 Å². The monoisotopic (exact) mass is 314 g/mol. The average molecular weight is 314 g/mol. The smallest absolute Gasteiger partial charge is 0.310 e. The first-order chi connectivity index (χ1) is 8.95. The first kappa shape index (κ1) is 16.3. The van der Waals surface area contributed by atoms with E-state index in [1.807, 2.05) is 0 Å². The molecule has 0 aliphatic rings. The van der Waals surface area contributed by atoms with Gasteiger partial charge in [0.25, 0.3) is 0 Å². The van der Waals surface area contributed by atoms with Gasteiger partial charge in [-0.2, -0.15) is 0 Å². The van der Waals surface area contributed by atoms with Gasteiger partial charge in [-0.15, -0.1) is 10.2 Å². The van der Waals surface area contributed by atoms with E-state index in [9.17, 15) is 9.13 Å². The van der Waals surface area contributed by atoms with E-state index in [2.05, 4.69) is 15.6 Å². The van der Waals surface area contributed by atoms with Crippen LogP contribution >= 0.6 is 15.2 Å². The zero-order chi connectivity index (χ0) is 14.5. The Morgan fingerprint density at radius 3 is 1.63 bits per heavy atom. The van der Waals surface area contributed by atoms with Crippen LogP contribution in [0.15, 0.2) is 12.7 Å². The highest BCUT2D eigenvalue weighted by Gasteiger charge is 2.50. The van der Waals surface area contributed by atoms with E-state index in [4.69, 9.17) is 18.1 Å². The van der Waals surface area contributed by atoms with Gasteiger partial charge in [0.1, 0.15) is 12.7 Å². The summed E-state index contributed by atoms with van der Waals surface area (Å²) in [5.41, 5.74) is 1.24. The molecule has 0 spiro atoms. The highest BCUT2D eigenvalue weighted by Crippen LogP contribution is 2.68. The molecule has 1 aromatic heterocycles. The minimum absolute atomic E-state index is 1.17. The molecule has 10 nitrogen and oxygen atoms in total. The Balaban J connectivity index is 3.17. The summed E-state index contributed by atoms with van der Waals surface area (Å²) in [5, 5.41) is 7.10. The van der Waals surface area contributed by atoms with Gasteiger partial charge in [0, 0.05) is 28.4 Å². The van der Waals surface area contributed by atoms with Crippen LogP contribution in [0.2, 0.25) is 0 Å². The van der Waals surface area contributed by atoms with Crippen LogP contribution in [-0.2, 0) is 27.2 Å². The largest absolute Gasteiger partial charge is 0.366 e. The molecule has 1 heterocycles. The molecule has 1 rings (SSSR count). The lowest BCUT2D eigenvalue weighted by Crippen LogP contribution is -2.29. The maximum Gasteiger partial charge on any atom is 0.366 e. The summed E-state index contributed by atoms with van der Waals surface area (Å²) in [6.07, 6.45) is 2.55. The third kappa shape index (κ3) is 3.42. The molecule has 0 bridgehead atoms. The van der Waals surface area contributed by atoms with Gasteiger partial charge in [0.15, 0.2) is 0 Å². The van der Waals surface area contributed by atoms with Crippen LogP contribution in [-0.4, -0.2) is 48.8 Å². The molecular formula is C7H16N4O6P2. The number of aromatic nitrogens is 3. The normalized spacial score (nSPS) is 12.9. The minimum atomic E-state index is -3.79. The quantitative estimate of drug-likeness (QED) is 0.704. The van der Waals surface area contributed by atoms with Crippen molar-refractivity contribution in [3.63, 3.8) is 0 Å². The second-order valence-electron chi connectivity index (χ2n) is 3.18. The van der Waals surface area contributed by atoms with Crippen LogP contribution in [0.25, 0.3) is 0 Å². The second kappa shape index (κ2) is 6.60. The molecule has 0 saturated carbocycles. The molecule has 0 saturated heterocycles. The highest BCUT2D eigenvalue weighted by atomic mass is 31.2. The molecule has 0 unspecified atom stereocenters. The fraction of sp³-hybridized carbons (Fsp3) is 0.714. The van der Waals surface area contributed by atoms with E-state index in [-0.39, 0.29) is 0 Å². The molecule has 0 fully saturated rings. The Morgan fingerprint density at radius 1 is 0.947 bits per heavy atom. The third-order valence-electron chi connectivity index (χ3n) is 2.30. The van der Waals surface area contributed by atoms with Crippen molar-refractivity contribution in [1.82, 2.24) is 14.9 Å². The molecule has 19 heavy (non-hydrogen) atoms. The van der Waals surface area contributed by atoms with Crippen LogP contribution in [0.4, 0.5) is 0 Å². The molecule has 0 atom stereocenters. The molecule has 0 aliphatic heterocycles. The second-order valence-corrected chi connectivity index (χ2v) is 8.24. The lowest BCUT2D eigenvalue weighted by atomic mass is 11.2. The van der Waals surface area contributed by atoms with Crippen LogP contribution in [0.1, 0.15) is 0 Å². The summed E-state index contributed by atoms with van der Waals surface area (Å²) in [7, 11) is -2.91. The van der Waals surface area contributed by atoms with Gasteiger partial charge >= 0.3 is 15.2 Å². The summed E-state index contributed by atoms with van der Waals surface area (Å²) >= 11 is 0. The van der Waals surface area contributed by atoms with Crippen molar-refractivity contribution in [3.05, 3.63) is 12.7 Å². The third-order valence-corrected chi connectivity index (χ3v) is 7.46. The first-order valence-corrected chi connectivity index (χ1v) is 8.21. The maximum absolute atomic E-state index is 12.4. The Kier molecular flexibility index (Phi) is 5.66. The lowest BCUT2D eigenvalue weighted by Gasteiger charge is -2.29. The molecule has 0 aromatic carbocycles. The van der Waals surface area contributed by atoms with Gasteiger partial charge in [-0.25, -0.2) is 4.68 Å². The molecule has 0 aliphatic carbocycles. The van der Waals surface area contributed by atoms with E-state index in [1.54, 1.807) is 0 Å². The van der Waals surface area contributed by atoms with Crippen LogP contribution in [0.3, 0.4) is 0 Å². The number of nitrogens with one attached hydrogen (secondary N) is 1. The molecule has 0 amide bonds. The SMILES string of the molecule is COP(=O)(OC)C(Nn1cnnc1)P(=O)(OC)OC.